The van der Waals surface area contributed by atoms with Gasteiger partial charge in [-0.1, -0.05) is 17.7 Å². The number of amides is 1. The first-order valence-corrected chi connectivity index (χ1v) is 11.4. The summed E-state index contributed by atoms with van der Waals surface area (Å²) in [7, 11) is 1.39. The Morgan fingerprint density at radius 2 is 1.85 bits per heavy atom. The summed E-state index contributed by atoms with van der Waals surface area (Å²) in [5.74, 6) is 2.46. The molecule has 172 valence electrons. The molecule has 1 saturated heterocycles. The van der Waals surface area contributed by atoms with Crippen molar-refractivity contribution in [2.45, 2.75) is 26.4 Å². The van der Waals surface area contributed by atoms with Gasteiger partial charge in [0.1, 0.15) is 5.82 Å². The Kier molecular flexibility index (Phi) is 5.57. The number of anilines is 2. The van der Waals surface area contributed by atoms with Crippen molar-refractivity contribution in [2.24, 2.45) is 0 Å². The quantitative estimate of drug-likeness (QED) is 0.569. The molecule has 0 radical (unpaired) electrons. The normalized spacial score (nSPS) is 17.9. The predicted molar refractivity (Wildman–Crippen MR) is 126 cm³/mol. The summed E-state index contributed by atoms with van der Waals surface area (Å²) in [5, 5.41) is 9.69. The Morgan fingerprint density at radius 1 is 1.09 bits per heavy atom. The molecular weight excluding hydrogens is 442 g/mol. The highest BCUT2D eigenvalue weighted by atomic mass is 35.5. The van der Waals surface area contributed by atoms with Crippen molar-refractivity contribution >= 4 is 29.5 Å². The maximum Gasteiger partial charge on any atom is 0.410 e. The molecule has 9 nitrogen and oxygen atoms in total. The number of halogens is 1. The fourth-order valence-electron chi connectivity index (χ4n) is 4.53. The molecule has 0 aliphatic carbocycles. The van der Waals surface area contributed by atoms with E-state index in [0.29, 0.717) is 17.4 Å². The van der Waals surface area contributed by atoms with Gasteiger partial charge in [0.05, 0.1) is 25.4 Å². The van der Waals surface area contributed by atoms with Crippen molar-refractivity contribution in [2.75, 3.05) is 43.1 Å². The number of carbonyl (C=O) groups excluding carboxylic acids is 1. The second kappa shape index (κ2) is 8.55. The molecule has 1 amide bonds. The van der Waals surface area contributed by atoms with Crippen LogP contribution in [0.4, 0.5) is 16.6 Å². The lowest BCUT2D eigenvalue weighted by Gasteiger charge is -2.36. The van der Waals surface area contributed by atoms with E-state index in [-0.39, 0.29) is 6.04 Å². The molecule has 4 heterocycles. The number of aryl methyl sites for hydroxylation is 1. The van der Waals surface area contributed by atoms with E-state index >= 15 is 0 Å². The van der Waals surface area contributed by atoms with Gasteiger partial charge in [0.2, 0.25) is 5.95 Å². The topological polar surface area (TPSA) is 79.6 Å². The van der Waals surface area contributed by atoms with E-state index in [4.69, 9.17) is 16.3 Å². The van der Waals surface area contributed by atoms with E-state index in [1.165, 1.54) is 7.11 Å². The van der Waals surface area contributed by atoms with Gasteiger partial charge >= 0.3 is 6.09 Å². The molecule has 1 unspecified atom stereocenters. The summed E-state index contributed by atoms with van der Waals surface area (Å²) in [6.45, 7) is 7.55. The van der Waals surface area contributed by atoms with Crippen molar-refractivity contribution in [1.29, 1.82) is 0 Å². The standard InChI is InChI=1S/C23H26ClN7O2/c1-15-5-4-6-20(25-15)28-9-11-29(12-10-28)22-27-26-21-16(2)30(23(32)33-3)14-17-13-18(24)7-8-19(17)31(21)22/h4-8,13,16H,9-12,14H2,1-3H3. The monoisotopic (exact) mass is 467 g/mol. The first-order valence-electron chi connectivity index (χ1n) is 11.0. The van der Waals surface area contributed by atoms with Crippen LogP contribution in [0, 0.1) is 6.92 Å². The zero-order chi connectivity index (χ0) is 23.1. The number of ether oxygens (including phenoxy) is 1. The van der Waals surface area contributed by atoms with Gasteiger partial charge < -0.3 is 14.5 Å². The minimum atomic E-state index is -0.411. The molecule has 1 fully saturated rings. The molecular formula is C23H26ClN7O2. The van der Waals surface area contributed by atoms with Crippen molar-refractivity contribution in [3.63, 3.8) is 0 Å². The zero-order valence-electron chi connectivity index (χ0n) is 18.9. The molecule has 0 saturated carbocycles. The molecule has 1 aromatic carbocycles. The number of fused-ring (bicyclic) bond motifs is 3. The number of piperazine rings is 1. The highest BCUT2D eigenvalue weighted by Gasteiger charge is 2.34. The van der Waals surface area contributed by atoms with Crippen molar-refractivity contribution in [3.05, 3.63) is 58.5 Å². The summed E-state index contributed by atoms with van der Waals surface area (Å²) in [6.07, 6.45) is -0.411. The molecule has 0 N–H and O–H groups in total. The SMILES string of the molecule is COC(=O)N1Cc2cc(Cl)ccc2-n2c(nnc2N2CCN(c3cccc(C)n3)CC2)C1C. The Labute approximate surface area is 197 Å². The van der Waals surface area contributed by atoms with Crippen LogP contribution in [-0.4, -0.2) is 64.0 Å². The third kappa shape index (κ3) is 3.86. The summed E-state index contributed by atoms with van der Waals surface area (Å²) in [6, 6.07) is 11.5. The minimum Gasteiger partial charge on any atom is -0.453 e. The fraction of sp³-hybridized carbons (Fsp3) is 0.391. The summed E-state index contributed by atoms with van der Waals surface area (Å²) < 4.78 is 7.09. The van der Waals surface area contributed by atoms with Crippen LogP contribution in [0.1, 0.15) is 30.0 Å². The fourth-order valence-corrected chi connectivity index (χ4v) is 4.73. The maximum atomic E-state index is 12.5. The van der Waals surface area contributed by atoms with E-state index < -0.39 is 6.09 Å². The maximum absolute atomic E-state index is 12.5. The summed E-state index contributed by atoms with van der Waals surface area (Å²) in [4.78, 5) is 23.4. The van der Waals surface area contributed by atoms with Crippen LogP contribution >= 0.6 is 11.6 Å². The van der Waals surface area contributed by atoms with Gasteiger partial charge in [-0.05, 0) is 49.7 Å². The molecule has 2 aliphatic rings. The van der Waals surface area contributed by atoms with Crippen LogP contribution in [-0.2, 0) is 11.3 Å². The van der Waals surface area contributed by atoms with Crippen LogP contribution in [0.2, 0.25) is 5.02 Å². The largest absolute Gasteiger partial charge is 0.453 e. The highest BCUT2D eigenvalue weighted by molar-refractivity contribution is 6.30. The molecule has 0 spiro atoms. The number of pyridine rings is 1. The van der Waals surface area contributed by atoms with E-state index in [0.717, 1.165) is 54.9 Å². The average molecular weight is 468 g/mol. The first kappa shape index (κ1) is 21.5. The van der Waals surface area contributed by atoms with Gasteiger partial charge in [0.15, 0.2) is 5.82 Å². The molecule has 0 bridgehead atoms. The summed E-state index contributed by atoms with van der Waals surface area (Å²) >= 11 is 6.31. The van der Waals surface area contributed by atoms with E-state index in [1.54, 1.807) is 4.90 Å². The Morgan fingerprint density at radius 3 is 2.58 bits per heavy atom. The average Bonchev–Trinajstić information content (AvgIpc) is 3.22. The third-order valence-corrected chi connectivity index (χ3v) is 6.54. The molecule has 2 aromatic heterocycles. The lowest BCUT2D eigenvalue weighted by atomic mass is 10.1. The second-order valence-electron chi connectivity index (χ2n) is 8.35. The first-order chi connectivity index (χ1) is 16.0. The molecule has 5 rings (SSSR count). The summed E-state index contributed by atoms with van der Waals surface area (Å²) in [5.41, 5.74) is 2.86. The minimum absolute atomic E-state index is 0.317. The van der Waals surface area contributed by atoms with Crippen LogP contribution in [0.5, 0.6) is 0 Å². The number of hydrogen-bond acceptors (Lipinski definition) is 7. The number of aromatic nitrogens is 4. The van der Waals surface area contributed by atoms with Crippen molar-refractivity contribution in [1.82, 2.24) is 24.6 Å². The molecule has 10 heteroatoms. The van der Waals surface area contributed by atoms with Gasteiger partial charge in [-0.2, -0.15) is 0 Å². The lowest BCUT2D eigenvalue weighted by molar-refractivity contribution is 0.103. The van der Waals surface area contributed by atoms with E-state index in [2.05, 4.69) is 35.6 Å². The lowest BCUT2D eigenvalue weighted by Crippen LogP contribution is -2.47. The zero-order valence-corrected chi connectivity index (χ0v) is 19.7. The van der Waals surface area contributed by atoms with Crippen LogP contribution in [0.3, 0.4) is 0 Å². The number of benzene rings is 1. The van der Waals surface area contributed by atoms with Gasteiger partial charge in [0, 0.05) is 36.9 Å². The highest BCUT2D eigenvalue weighted by Crippen LogP contribution is 2.35. The Hall–Kier alpha value is -3.33. The predicted octanol–water partition coefficient (Wildman–Crippen LogP) is 3.59. The molecule has 33 heavy (non-hydrogen) atoms. The molecule has 3 aromatic rings. The number of methoxy groups -OCH3 is 1. The van der Waals surface area contributed by atoms with Gasteiger partial charge in [0.25, 0.3) is 0 Å². The number of rotatable bonds is 2. The van der Waals surface area contributed by atoms with Gasteiger partial charge in [-0.25, -0.2) is 9.78 Å². The Bertz CT molecular complexity index is 1190. The molecule has 2 aliphatic heterocycles. The van der Waals surface area contributed by atoms with Crippen LogP contribution in [0.25, 0.3) is 5.69 Å². The van der Waals surface area contributed by atoms with E-state index in [1.807, 2.05) is 44.2 Å². The van der Waals surface area contributed by atoms with Crippen LogP contribution < -0.4 is 9.80 Å². The van der Waals surface area contributed by atoms with Crippen molar-refractivity contribution in [3.8, 4) is 5.69 Å². The molecule has 1 atom stereocenters. The van der Waals surface area contributed by atoms with Crippen molar-refractivity contribution < 1.29 is 9.53 Å². The van der Waals surface area contributed by atoms with Gasteiger partial charge in [-0.3, -0.25) is 9.47 Å². The number of carbonyl (C=O) groups is 1. The number of nitrogens with zero attached hydrogens (tertiary/aromatic N) is 7. The van der Waals surface area contributed by atoms with Gasteiger partial charge in [-0.15, -0.1) is 10.2 Å². The Balaban J connectivity index is 1.49. The number of hydrogen-bond donors (Lipinski definition) is 0. The third-order valence-electron chi connectivity index (χ3n) is 6.30. The smallest absolute Gasteiger partial charge is 0.410 e. The second-order valence-corrected chi connectivity index (χ2v) is 8.79. The van der Waals surface area contributed by atoms with E-state index in [9.17, 15) is 4.79 Å². The van der Waals surface area contributed by atoms with Crippen LogP contribution in [0.15, 0.2) is 36.4 Å².